The van der Waals surface area contributed by atoms with Crippen molar-refractivity contribution in [1.29, 1.82) is 0 Å². The minimum Gasteiger partial charge on any atom is -0.427 e. The molecule has 0 aliphatic carbocycles. The molecule has 0 saturated carbocycles. The quantitative estimate of drug-likeness (QED) is 0.376. The Kier molecular flexibility index (Phi) is 8.95. The Bertz CT molecular complexity index is 548. The van der Waals surface area contributed by atoms with Crippen molar-refractivity contribution in [3.8, 4) is 5.75 Å². The predicted molar refractivity (Wildman–Crippen MR) is 107 cm³/mol. The molecule has 0 radical (unpaired) electrons. The van der Waals surface area contributed by atoms with Crippen molar-refractivity contribution in [2.24, 2.45) is 5.92 Å². The zero-order valence-corrected chi connectivity index (χ0v) is 17.0. The molecule has 0 amide bonds. The molecule has 2 unspecified atom stereocenters. The summed E-state index contributed by atoms with van der Waals surface area (Å²) in [5.74, 6) is 0.993. The van der Waals surface area contributed by atoms with Gasteiger partial charge in [-0.15, -0.1) is 12.4 Å². The van der Waals surface area contributed by atoms with E-state index >= 15 is 0 Å². The van der Waals surface area contributed by atoms with Crippen LogP contribution in [0.15, 0.2) is 24.3 Å². The van der Waals surface area contributed by atoms with Crippen LogP contribution in [0.2, 0.25) is 0 Å². The molecule has 0 N–H and O–H groups in total. The van der Waals surface area contributed by atoms with Crippen LogP contribution in [-0.2, 0) is 10.2 Å². The SMILES string of the molecule is CCCCCCN1CCC(C)(c2cccc(OC(C)=O)c2)C(C)C1.Cl. The topological polar surface area (TPSA) is 29.5 Å². The second-order valence-corrected chi connectivity index (χ2v) is 7.55. The minimum absolute atomic E-state index is 0. The summed E-state index contributed by atoms with van der Waals surface area (Å²) in [4.78, 5) is 13.8. The Hall–Kier alpha value is -1.06. The number of ether oxygens (including phenoxy) is 1. The second kappa shape index (κ2) is 10.2. The summed E-state index contributed by atoms with van der Waals surface area (Å²) in [7, 11) is 0. The summed E-state index contributed by atoms with van der Waals surface area (Å²) in [6.45, 7) is 12.0. The number of halogens is 1. The van der Waals surface area contributed by atoms with Crippen LogP contribution in [0.1, 0.15) is 65.4 Å². The van der Waals surface area contributed by atoms with Crippen molar-refractivity contribution in [1.82, 2.24) is 4.90 Å². The standard InChI is InChI=1S/C21H33NO2.ClH/c1-5-6-7-8-13-22-14-12-21(4,17(2)16-22)19-10-9-11-20(15-19)24-18(3)23;/h9-11,15,17H,5-8,12-14,16H2,1-4H3;1H. The van der Waals surface area contributed by atoms with Gasteiger partial charge in [0.25, 0.3) is 0 Å². The maximum absolute atomic E-state index is 11.2. The normalized spacial score (nSPS) is 23.8. The molecule has 0 aromatic heterocycles. The Morgan fingerprint density at radius 2 is 2.08 bits per heavy atom. The molecular weight excluding hydrogens is 334 g/mol. The first-order valence-electron chi connectivity index (χ1n) is 9.47. The lowest BCUT2D eigenvalue weighted by Crippen LogP contribution is -2.47. The van der Waals surface area contributed by atoms with Gasteiger partial charge in [0.1, 0.15) is 5.75 Å². The van der Waals surface area contributed by atoms with E-state index in [1.807, 2.05) is 12.1 Å². The van der Waals surface area contributed by atoms with Crippen molar-refractivity contribution >= 4 is 18.4 Å². The van der Waals surface area contributed by atoms with Crippen LogP contribution in [-0.4, -0.2) is 30.5 Å². The molecule has 0 bridgehead atoms. The van der Waals surface area contributed by atoms with Crippen molar-refractivity contribution in [3.63, 3.8) is 0 Å². The van der Waals surface area contributed by atoms with Crippen molar-refractivity contribution < 1.29 is 9.53 Å². The first kappa shape index (κ1) is 22.0. The summed E-state index contributed by atoms with van der Waals surface area (Å²) in [5, 5.41) is 0. The summed E-state index contributed by atoms with van der Waals surface area (Å²) in [5.41, 5.74) is 1.44. The number of likely N-dealkylation sites (tertiary alicyclic amines) is 1. The van der Waals surface area contributed by atoms with Crippen LogP contribution >= 0.6 is 12.4 Å². The van der Waals surface area contributed by atoms with Crippen LogP contribution in [0.25, 0.3) is 0 Å². The first-order chi connectivity index (χ1) is 11.5. The van der Waals surface area contributed by atoms with Gasteiger partial charge in [-0.05, 0) is 55.0 Å². The molecule has 4 heteroatoms. The Morgan fingerprint density at radius 1 is 1.32 bits per heavy atom. The average Bonchev–Trinajstić information content (AvgIpc) is 2.54. The van der Waals surface area contributed by atoms with Crippen LogP contribution < -0.4 is 4.74 Å². The number of piperidine rings is 1. The maximum atomic E-state index is 11.2. The molecule has 1 aromatic rings. The number of nitrogens with zero attached hydrogens (tertiary/aromatic N) is 1. The first-order valence-corrected chi connectivity index (χ1v) is 9.47. The van der Waals surface area contributed by atoms with Gasteiger partial charge in [0.15, 0.2) is 0 Å². The van der Waals surface area contributed by atoms with E-state index in [2.05, 4.69) is 37.8 Å². The van der Waals surface area contributed by atoms with Gasteiger partial charge < -0.3 is 9.64 Å². The lowest BCUT2D eigenvalue weighted by Gasteiger charge is -2.45. The highest BCUT2D eigenvalue weighted by Gasteiger charge is 2.37. The largest absolute Gasteiger partial charge is 0.427 e. The van der Waals surface area contributed by atoms with Gasteiger partial charge in [0.2, 0.25) is 0 Å². The lowest BCUT2D eigenvalue weighted by molar-refractivity contribution is -0.131. The highest BCUT2D eigenvalue weighted by atomic mass is 35.5. The molecule has 0 spiro atoms. The maximum Gasteiger partial charge on any atom is 0.308 e. The number of hydrogen-bond donors (Lipinski definition) is 0. The van der Waals surface area contributed by atoms with E-state index in [-0.39, 0.29) is 23.8 Å². The smallest absolute Gasteiger partial charge is 0.308 e. The number of carbonyl (C=O) groups excluding carboxylic acids is 1. The van der Waals surface area contributed by atoms with E-state index < -0.39 is 0 Å². The van der Waals surface area contributed by atoms with Crippen LogP contribution in [0.5, 0.6) is 5.75 Å². The third kappa shape index (κ3) is 6.00. The lowest BCUT2D eigenvalue weighted by atomic mass is 9.68. The van der Waals surface area contributed by atoms with Crippen LogP contribution in [0.4, 0.5) is 0 Å². The zero-order chi connectivity index (χ0) is 17.6. The number of rotatable bonds is 7. The van der Waals surface area contributed by atoms with E-state index in [0.29, 0.717) is 11.7 Å². The van der Waals surface area contributed by atoms with E-state index in [4.69, 9.17) is 4.74 Å². The molecule has 1 heterocycles. The number of esters is 1. The fraction of sp³-hybridized carbons (Fsp3) is 0.667. The van der Waals surface area contributed by atoms with Gasteiger partial charge in [-0.3, -0.25) is 4.79 Å². The van der Waals surface area contributed by atoms with E-state index in [0.717, 1.165) is 19.5 Å². The molecule has 1 aromatic carbocycles. The minimum atomic E-state index is -0.257. The van der Waals surface area contributed by atoms with Crippen LogP contribution in [0.3, 0.4) is 0 Å². The summed E-state index contributed by atoms with van der Waals surface area (Å²) in [6, 6.07) is 8.10. The predicted octanol–water partition coefficient (Wildman–Crippen LogP) is 5.21. The molecule has 2 rings (SSSR count). The number of unbranched alkanes of at least 4 members (excludes halogenated alkanes) is 3. The fourth-order valence-corrected chi connectivity index (χ4v) is 3.79. The van der Waals surface area contributed by atoms with E-state index in [9.17, 15) is 4.79 Å². The van der Waals surface area contributed by atoms with Crippen LogP contribution in [0, 0.1) is 5.92 Å². The average molecular weight is 368 g/mol. The van der Waals surface area contributed by atoms with Gasteiger partial charge >= 0.3 is 5.97 Å². The second-order valence-electron chi connectivity index (χ2n) is 7.55. The number of hydrogen-bond acceptors (Lipinski definition) is 3. The number of carbonyl (C=O) groups is 1. The van der Waals surface area contributed by atoms with Gasteiger partial charge in [-0.2, -0.15) is 0 Å². The van der Waals surface area contributed by atoms with E-state index in [1.165, 1.54) is 44.7 Å². The van der Waals surface area contributed by atoms with Gasteiger partial charge in [0, 0.05) is 13.5 Å². The van der Waals surface area contributed by atoms with Crippen molar-refractivity contribution in [2.45, 2.75) is 65.2 Å². The highest BCUT2D eigenvalue weighted by molar-refractivity contribution is 5.85. The van der Waals surface area contributed by atoms with Crippen molar-refractivity contribution in [2.75, 3.05) is 19.6 Å². The molecule has 3 nitrogen and oxygen atoms in total. The third-order valence-corrected chi connectivity index (χ3v) is 5.65. The third-order valence-electron chi connectivity index (χ3n) is 5.65. The highest BCUT2D eigenvalue weighted by Crippen LogP contribution is 2.40. The Balaban J connectivity index is 0.00000312. The summed E-state index contributed by atoms with van der Waals surface area (Å²) >= 11 is 0. The fourth-order valence-electron chi connectivity index (χ4n) is 3.79. The Labute approximate surface area is 159 Å². The molecule has 1 saturated heterocycles. The zero-order valence-electron chi connectivity index (χ0n) is 16.2. The molecule has 142 valence electrons. The number of benzene rings is 1. The van der Waals surface area contributed by atoms with Gasteiger partial charge in [0.05, 0.1) is 0 Å². The van der Waals surface area contributed by atoms with Crippen molar-refractivity contribution in [3.05, 3.63) is 29.8 Å². The van der Waals surface area contributed by atoms with Gasteiger partial charge in [-0.25, -0.2) is 0 Å². The molecule has 1 aliphatic rings. The molecule has 1 fully saturated rings. The van der Waals surface area contributed by atoms with E-state index in [1.54, 1.807) is 0 Å². The Morgan fingerprint density at radius 3 is 2.72 bits per heavy atom. The summed E-state index contributed by atoms with van der Waals surface area (Å²) in [6.07, 6.45) is 6.48. The molecule has 1 aliphatic heterocycles. The molecule has 2 atom stereocenters. The monoisotopic (exact) mass is 367 g/mol. The molecular formula is C21H34ClNO2. The van der Waals surface area contributed by atoms with Gasteiger partial charge in [-0.1, -0.05) is 52.2 Å². The molecule has 25 heavy (non-hydrogen) atoms. The summed E-state index contributed by atoms with van der Waals surface area (Å²) < 4.78 is 5.27.